The number of methoxy groups -OCH3 is 1. The molecular weight excluding hydrogens is 244 g/mol. The van der Waals surface area contributed by atoms with Gasteiger partial charge in [0.1, 0.15) is 12.4 Å². The van der Waals surface area contributed by atoms with Crippen molar-refractivity contribution in [1.29, 1.82) is 0 Å². The zero-order valence-corrected chi connectivity index (χ0v) is 12.0. The quantitative estimate of drug-likeness (QED) is 0.699. The van der Waals surface area contributed by atoms with Crippen LogP contribution in [0.15, 0.2) is 18.2 Å². The van der Waals surface area contributed by atoms with E-state index in [0.717, 1.165) is 23.3 Å². The second-order valence-corrected chi connectivity index (χ2v) is 4.52. The van der Waals surface area contributed by atoms with Crippen LogP contribution < -0.4 is 4.74 Å². The molecule has 0 amide bonds. The van der Waals surface area contributed by atoms with Gasteiger partial charge < -0.3 is 19.3 Å². The minimum Gasteiger partial charge on any atom is -0.491 e. The lowest BCUT2D eigenvalue weighted by Crippen LogP contribution is -2.10. The van der Waals surface area contributed by atoms with Crippen molar-refractivity contribution in [3.05, 3.63) is 29.3 Å². The van der Waals surface area contributed by atoms with E-state index in [2.05, 4.69) is 0 Å². The molecule has 0 aliphatic carbocycles. The van der Waals surface area contributed by atoms with Gasteiger partial charge >= 0.3 is 0 Å². The Labute approximate surface area is 115 Å². The molecule has 0 saturated heterocycles. The highest BCUT2D eigenvalue weighted by Gasteiger charge is 2.09. The third kappa shape index (κ3) is 6.05. The summed E-state index contributed by atoms with van der Waals surface area (Å²) in [5.74, 6) is 0.723. The molecule has 4 heteroatoms. The Bertz CT molecular complexity index is 363. The summed E-state index contributed by atoms with van der Waals surface area (Å²) in [6.07, 6.45) is 0.359. The molecule has 108 valence electrons. The molecule has 0 radical (unpaired) electrons. The van der Waals surface area contributed by atoms with Crippen molar-refractivity contribution >= 4 is 0 Å². The number of benzene rings is 1. The van der Waals surface area contributed by atoms with E-state index in [1.807, 2.05) is 25.1 Å². The van der Waals surface area contributed by atoms with E-state index >= 15 is 0 Å². The minimum absolute atomic E-state index is 0.482. The smallest absolute Gasteiger partial charge is 0.125 e. The number of rotatable bonds is 9. The van der Waals surface area contributed by atoms with Crippen molar-refractivity contribution in [1.82, 2.24) is 0 Å². The maximum Gasteiger partial charge on any atom is 0.125 e. The van der Waals surface area contributed by atoms with E-state index in [4.69, 9.17) is 14.2 Å². The molecule has 1 aromatic carbocycles. The number of hydrogen-bond acceptors (Lipinski definition) is 4. The van der Waals surface area contributed by atoms with Crippen molar-refractivity contribution in [2.75, 3.05) is 33.5 Å². The van der Waals surface area contributed by atoms with Gasteiger partial charge in [-0.2, -0.15) is 0 Å². The molecule has 1 aromatic rings. The summed E-state index contributed by atoms with van der Waals surface area (Å²) in [6.45, 7) is 6.14. The van der Waals surface area contributed by atoms with Crippen molar-refractivity contribution in [2.24, 2.45) is 0 Å². The molecular formula is C15H24O4. The summed E-state index contributed by atoms with van der Waals surface area (Å²) in [6, 6.07) is 5.81. The highest BCUT2D eigenvalue weighted by Crippen LogP contribution is 2.26. The average Bonchev–Trinajstić information content (AvgIpc) is 2.39. The predicted octanol–water partition coefficient (Wildman–Crippen LogP) is 2.48. The fourth-order valence-corrected chi connectivity index (χ4v) is 1.74. The first-order valence-electron chi connectivity index (χ1n) is 6.63. The maximum atomic E-state index is 9.70. The Balaban J connectivity index is 2.33. The third-order valence-electron chi connectivity index (χ3n) is 2.74. The highest BCUT2D eigenvalue weighted by atomic mass is 16.5. The Morgan fingerprint density at radius 3 is 2.63 bits per heavy atom. The Morgan fingerprint density at radius 1 is 1.16 bits per heavy atom. The van der Waals surface area contributed by atoms with E-state index in [1.165, 1.54) is 0 Å². The molecule has 0 heterocycles. The molecule has 1 atom stereocenters. The van der Waals surface area contributed by atoms with Gasteiger partial charge in [-0.3, -0.25) is 0 Å². The molecule has 1 rings (SSSR count). The molecule has 1 N–H and O–H groups in total. The van der Waals surface area contributed by atoms with Crippen LogP contribution in [0, 0.1) is 6.92 Å². The lowest BCUT2D eigenvalue weighted by molar-refractivity contribution is 0.0795. The van der Waals surface area contributed by atoms with Crippen molar-refractivity contribution < 1.29 is 19.3 Å². The third-order valence-corrected chi connectivity index (χ3v) is 2.74. The van der Waals surface area contributed by atoms with Crippen LogP contribution in [-0.4, -0.2) is 38.6 Å². The Kier molecular flexibility index (Phi) is 7.48. The van der Waals surface area contributed by atoms with Crippen LogP contribution in [0.2, 0.25) is 0 Å². The van der Waals surface area contributed by atoms with E-state index in [9.17, 15) is 5.11 Å². The van der Waals surface area contributed by atoms with Crippen LogP contribution in [0.3, 0.4) is 0 Å². The van der Waals surface area contributed by atoms with Gasteiger partial charge in [0.05, 0.1) is 12.7 Å². The van der Waals surface area contributed by atoms with E-state index in [-0.39, 0.29) is 0 Å². The number of aliphatic hydroxyl groups is 1. The molecule has 0 aliphatic heterocycles. The van der Waals surface area contributed by atoms with E-state index < -0.39 is 6.10 Å². The van der Waals surface area contributed by atoms with Crippen LogP contribution in [-0.2, 0) is 9.47 Å². The van der Waals surface area contributed by atoms with Gasteiger partial charge in [-0.1, -0.05) is 11.6 Å². The van der Waals surface area contributed by atoms with Crippen molar-refractivity contribution in [2.45, 2.75) is 26.4 Å². The first-order valence-corrected chi connectivity index (χ1v) is 6.63. The number of aliphatic hydroxyl groups excluding tert-OH is 1. The average molecular weight is 268 g/mol. The summed E-state index contributed by atoms with van der Waals surface area (Å²) in [7, 11) is 1.68. The van der Waals surface area contributed by atoms with Crippen LogP contribution in [0.5, 0.6) is 5.75 Å². The minimum atomic E-state index is -0.530. The van der Waals surface area contributed by atoms with Crippen molar-refractivity contribution in [3.63, 3.8) is 0 Å². The number of aryl methyl sites for hydroxylation is 1. The monoisotopic (exact) mass is 268 g/mol. The second kappa shape index (κ2) is 8.91. The molecule has 0 spiro atoms. The summed E-state index contributed by atoms with van der Waals surface area (Å²) in [4.78, 5) is 0. The molecule has 0 saturated carbocycles. The molecule has 4 nitrogen and oxygen atoms in total. The van der Waals surface area contributed by atoms with Gasteiger partial charge in [-0.25, -0.2) is 0 Å². The summed E-state index contributed by atoms with van der Waals surface area (Å²) in [5.41, 5.74) is 1.93. The summed E-state index contributed by atoms with van der Waals surface area (Å²) in [5, 5.41) is 9.70. The normalized spacial score (nSPS) is 12.4. The van der Waals surface area contributed by atoms with Crippen molar-refractivity contribution in [3.8, 4) is 5.75 Å². The number of ether oxygens (including phenoxy) is 3. The van der Waals surface area contributed by atoms with Crippen LogP contribution in [0.4, 0.5) is 0 Å². The molecule has 19 heavy (non-hydrogen) atoms. The Hall–Kier alpha value is -1.10. The number of hydrogen-bond donors (Lipinski definition) is 1. The van der Waals surface area contributed by atoms with Gasteiger partial charge in [-0.15, -0.1) is 0 Å². The Morgan fingerprint density at radius 2 is 1.95 bits per heavy atom. The highest BCUT2D eigenvalue weighted by molar-refractivity contribution is 5.38. The largest absolute Gasteiger partial charge is 0.491 e. The zero-order chi connectivity index (χ0) is 14.1. The first-order chi connectivity index (χ1) is 9.15. The standard InChI is InChI=1S/C15H24O4/c1-12-5-6-15(14(11-12)13(2)16)19-10-9-18-8-4-7-17-3/h5-6,11,13,16H,4,7-10H2,1-3H3/t13-/m1/s1. The first kappa shape index (κ1) is 16.0. The fraction of sp³-hybridized carbons (Fsp3) is 0.600. The molecule has 0 fully saturated rings. The van der Waals surface area contributed by atoms with Crippen LogP contribution in [0.25, 0.3) is 0 Å². The predicted molar refractivity (Wildman–Crippen MR) is 74.6 cm³/mol. The molecule has 0 bridgehead atoms. The summed E-state index contributed by atoms with van der Waals surface area (Å²) >= 11 is 0. The van der Waals surface area contributed by atoms with Gasteiger partial charge in [-0.05, 0) is 32.4 Å². The second-order valence-electron chi connectivity index (χ2n) is 4.52. The zero-order valence-electron chi connectivity index (χ0n) is 12.0. The molecule has 0 unspecified atom stereocenters. The molecule has 0 aromatic heterocycles. The SMILES string of the molecule is COCCCOCCOc1ccc(C)cc1[C@@H](C)O. The van der Waals surface area contributed by atoms with E-state index in [1.54, 1.807) is 14.0 Å². The van der Waals surface area contributed by atoms with E-state index in [0.29, 0.717) is 26.4 Å². The topological polar surface area (TPSA) is 47.9 Å². The fourth-order valence-electron chi connectivity index (χ4n) is 1.74. The van der Waals surface area contributed by atoms with Gasteiger partial charge in [0.25, 0.3) is 0 Å². The lowest BCUT2D eigenvalue weighted by Gasteiger charge is -2.14. The van der Waals surface area contributed by atoms with Gasteiger partial charge in [0.15, 0.2) is 0 Å². The van der Waals surface area contributed by atoms with Gasteiger partial charge in [0.2, 0.25) is 0 Å². The summed E-state index contributed by atoms with van der Waals surface area (Å²) < 4.78 is 16.0. The van der Waals surface area contributed by atoms with Gasteiger partial charge in [0, 0.05) is 25.9 Å². The molecule has 0 aliphatic rings. The van der Waals surface area contributed by atoms with Crippen LogP contribution >= 0.6 is 0 Å². The van der Waals surface area contributed by atoms with Crippen LogP contribution in [0.1, 0.15) is 30.6 Å². The lowest BCUT2D eigenvalue weighted by atomic mass is 10.1. The maximum absolute atomic E-state index is 9.70.